The summed E-state index contributed by atoms with van der Waals surface area (Å²) in [6.07, 6.45) is 3.71. The van der Waals surface area contributed by atoms with Crippen molar-refractivity contribution in [1.82, 2.24) is 15.5 Å². The zero-order valence-electron chi connectivity index (χ0n) is 22.7. The number of benzene rings is 2. The smallest absolute Gasteiger partial charge is 0.304 e. The molecule has 1 aromatic heterocycles. The molecule has 0 aliphatic carbocycles. The summed E-state index contributed by atoms with van der Waals surface area (Å²) in [6, 6.07) is 13.0. The van der Waals surface area contributed by atoms with Gasteiger partial charge in [-0.25, -0.2) is 0 Å². The van der Waals surface area contributed by atoms with Crippen LogP contribution in [0.5, 0.6) is 0 Å². The van der Waals surface area contributed by atoms with Gasteiger partial charge < -0.3 is 25.4 Å². The molecule has 0 radical (unpaired) electrons. The van der Waals surface area contributed by atoms with Gasteiger partial charge in [0.15, 0.2) is 0 Å². The van der Waals surface area contributed by atoms with Gasteiger partial charge >= 0.3 is 5.97 Å². The quantitative estimate of drug-likeness (QED) is 0.248. The number of fused-ring (bicyclic) bond motifs is 1. The van der Waals surface area contributed by atoms with Crippen molar-refractivity contribution in [3.8, 4) is 0 Å². The van der Waals surface area contributed by atoms with Crippen molar-refractivity contribution in [2.45, 2.75) is 31.9 Å². The molecule has 1 fully saturated rings. The van der Waals surface area contributed by atoms with Crippen molar-refractivity contribution in [2.24, 2.45) is 5.92 Å². The Hall–Kier alpha value is -3.44. The molecule has 222 valence electrons. The highest BCUT2D eigenvalue weighted by atomic mass is 35.5. The first-order chi connectivity index (χ1) is 20.2. The summed E-state index contributed by atoms with van der Waals surface area (Å²) >= 11 is 14.3. The maximum Gasteiger partial charge on any atom is 0.304 e. The maximum atomic E-state index is 12.9. The van der Waals surface area contributed by atoms with Gasteiger partial charge in [0, 0.05) is 31.8 Å². The standard InChI is InChI=1S/C30H31Cl2N3O6S/c31-27-20(14-21-10-13-42-29(21)28(27)32)6-7-25(37)35-11-8-23(9-12-35)34-30(40)22(15-26(38)39)16-33-24(36)18-41-17-19-4-2-1-3-5-19/h1-7,10,13-14,22-23H,8-9,11-12,15-18H2,(H,33,36)(H,34,40)(H,38,39)/b7-6+. The average molecular weight is 633 g/mol. The van der Waals surface area contributed by atoms with Gasteiger partial charge in [0.2, 0.25) is 17.7 Å². The summed E-state index contributed by atoms with van der Waals surface area (Å²) in [5, 5.41) is 18.5. The Morgan fingerprint density at radius 1 is 1.10 bits per heavy atom. The fourth-order valence-corrected chi connectivity index (χ4v) is 6.05. The van der Waals surface area contributed by atoms with Crippen molar-refractivity contribution in [3.63, 3.8) is 0 Å². The number of likely N-dealkylation sites (tertiary alicyclic amines) is 1. The summed E-state index contributed by atoms with van der Waals surface area (Å²) in [5.74, 6) is -3.16. The van der Waals surface area contributed by atoms with Crippen molar-refractivity contribution in [2.75, 3.05) is 26.2 Å². The number of nitrogens with zero attached hydrogens (tertiary/aromatic N) is 1. The second kappa shape index (κ2) is 15.2. The molecule has 2 aromatic carbocycles. The van der Waals surface area contributed by atoms with Gasteiger partial charge in [-0.15, -0.1) is 11.3 Å². The minimum atomic E-state index is -1.14. The molecular weight excluding hydrogens is 601 g/mol. The average Bonchev–Trinajstić information content (AvgIpc) is 3.46. The van der Waals surface area contributed by atoms with Crippen molar-refractivity contribution >= 4 is 74.4 Å². The van der Waals surface area contributed by atoms with Gasteiger partial charge in [-0.05, 0) is 52.9 Å². The SMILES string of the molecule is O=C(O)CC(CNC(=O)COCc1ccccc1)C(=O)NC1CCN(C(=O)/C=C/c2cc3ccsc3c(Cl)c2Cl)CC1. The van der Waals surface area contributed by atoms with Crippen LogP contribution in [0.3, 0.4) is 0 Å². The molecule has 1 aliphatic heterocycles. The van der Waals surface area contributed by atoms with Crippen LogP contribution in [0.25, 0.3) is 16.2 Å². The number of ether oxygens (including phenoxy) is 1. The van der Waals surface area contributed by atoms with Gasteiger partial charge in [-0.2, -0.15) is 0 Å². The number of nitrogens with one attached hydrogen (secondary N) is 2. The zero-order valence-corrected chi connectivity index (χ0v) is 25.0. The molecule has 4 rings (SSSR count). The third-order valence-corrected chi connectivity index (χ3v) is 8.83. The van der Waals surface area contributed by atoms with Crippen LogP contribution in [-0.2, 0) is 30.5 Å². The predicted octanol–water partition coefficient (Wildman–Crippen LogP) is 4.75. The Balaban J connectivity index is 1.22. The molecule has 3 N–H and O–H groups in total. The fraction of sp³-hybridized carbons (Fsp3) is 0.333. The summed E-state index contributed by atoms with van der Waals surface area (Å²) in [7, 11) is 0. The Bertz CT molecular complexity index is 1450. The molecule has 3 amide bonds. The number of piperidine rings is 1. The van der Waals surface area contributed by atoms with Gasteiger partial charge in [0.25, 0.3) is 0 Å². The summed E-state index contributed by atoms with van der Waals surface area (Å²) < 4.78 is 6.29. The Kier molecular flexibility index (Phi) is 11.4. The van der Waals surface area contributed by atoms with Crippen molar-refractivity contribution in [1.29, 1.82) is 0 Å². The third kappa shape index (κ3) is 8.78. The van der Waals surface area contributed by atoms with E-state index < -0.39 is 30.1 Å². The summed E-state index contributed by atoms with van der Waals surface area (Å²) in [5.41, 5.74) is 1.57. The van der Waals surface area contributed by atoms with Crippen LogP contribution in [0.4, 0.5) is 0 Å². The normalized spacial score (nSPS) is 14.7. The third-order valence-electron chi connectivity index (χ3n) is 6.89. The van der Waals surface area contributed by atoms with Crippen LogP contribution in [-0.4, -0.2) is 66.0 Å². The predicted molar refractivity (Wildman–Crippen MR) is 163 cm³/mol. The number of carboxylic acid groups (broad SMARTS) is 1. The van der Waals surface area contributed by atoms with Gasteiger partial charge in [-0.1, -0.05) is 53.5 Å². The molecule has 42 heavy (non-hydrogen) atoms. The van der Waals surface area contributed by atoms with E-state index in [9.17, 15) is 24.3 Å². The summed E-state index contributed by atoms with van der Waals surface area (Å²) in [6.45, 7) is 0.768. The number of amides is 3. The Labute approximate surface area is 257 Å². The molecule has 0 bridgehead atoms. The second-order valence-electron chi connectivity index (χ2n) is 9.95. The van der Waals surface area contributed by atoms with E-state index in [1.165, 1.54) is 17.4 Å². The number of aliphatic carboxylic acids is 1. The monoisotopic (exact) mass is 631 g/mol. The number of carboxylic acids is 1. The molecule has 1 unspecified atom stereocenters. The lowest BCUT2D eigenvalue weighted by molar-refractivity contribution is -0.141. The van der Waals surface area contributed by atoms with E-state index in [1.54, 1.807) is 11.0 Å². The highest BCUT2D eigenvalue weighted by Crippen LogP contribution is 2.37. The van der Waals surface area contributed by atoms with E-state index >= 15 is 0 Å². The van der Waals surface area contributed by atoms with Gasteiger partial charge in [-0.3, -0.25) is 19.2 Å². The number of hydrogen-bond acceptors (Lipinski definition) is 6. The fourth-order valence-electron chi connectivity index (χ4n) is 4.61. The maximum absolute atomic E-state index is 12.9. The topological polar surface area (TPSA) is 125 Å². The van der Waals surface area contributed by atoms with Gasteiger partial charge in [0.1, 0.15) is 6.61 Å². The van der Waals surface area contributed by atoms with Crippen LogP contribution in [0, 0.1) is 5.92 Å². The minimum Gasteiger partial charge on any atom is -0.481 e. The van der Waals surface area contributed by atoms with E-state index in [2.05, 4.69) is 10.6 Å². The number of thiophene rings is 1. The molecule has 0 saturated carbocycles. The second-order valence-corrected chi connectivity index (χ2v) is 11.6. The molecule has 1 aliphatic rings. The molecule has 2 heterocycles. The molecule has 12 heteroatoms. The first kappa shape index (κ1) is 31.5. The molecular formula is C30H31Cl2N3O6S. The number of carbonyl (C=O) groups is 4. The van der Waals surface area contributed by atoms with E-state index in [1.807, 2.05) is 47.8 Å². The van der Waals surface area contributed by atoms with E-state index in [0.717, 1.165) is 15.6 Å². The Morgan fingerprint density at radius 3 is 2.55 bits per heavy atom. The molecule has 1 atom stereocenters. The lowest BCUT2D eigenvalue weighted by atomic mass is 10.0. The van der Waals surface area contributed by atoms with Gasteiger partial charge in [0.05, 0.1) is 33.7 Å². The first-order valence-corrected chi connectivity index (χ1v) is 15.1. The Morgan fingerprint density at radius 2 is 1.83 bits per heavy atom. The number of halogens is 2. The lowest BCUT2D eigenvalue weighted by Crippen LogP contribution is -2.49. The molecule has 3 aromatic rings. The molecule has 9 nitrogen and oxygen atoms in total. The van der Waals surface area contributed by atoms with Crippen molar-refractivity contribution in [3.05, 3.63) is 75.1 Å². The van der Waals surface area contributed by atoms with Crippen LogP contribution < -0.4 is 10.6 Å². The largest absolute Gasteiger partial charge is 0.481 e. The number of rotatable bonds is 12. The van der Waals surface area contributed by atoms with Crippen LogP contribution >= 0.6 is 34.5 Å². The highest BCUT2D eigenvalue weighted by Gasteiger charge is 2.27. The highest BCUT2D eigenvalue weighted by molar-refractivity contribution is 7.18. The van der Waals surface area contributed by atoms with Crippen LogP contribution in [0.15, 0.2) is 53.9 Å². The van der Waals surface area contributed by atoms with Crippen molar-refractivity contribution < 1.29 is 29.0 Å². The number of hydrogen-bond donors (Lipinski definition) is 3. The lowest BCUT2D eigenvalue weighted by Gasteiger charge is -2.32. The zero-order chi connectivity index (χ0) is 30.1. The summed E-state index contributed by atoms with van der Waals surface area (Å²) in [4.78, 5) is 50.9. The van der Waals surface area contributed by atoms with Crippen LogP contribution in [0.2, 0.25) is 10.0 Å². The van der Waals surface area contributed by atoms with E-state index in [4.69, 9.17) is 27.9 Å². The molecule has 0 spiro atoms. The van der Waals surface area contributed by atoms with E-state index in [-0.39, 0.29) is 31.7 Å². The minimum absolute atomic E-state index is 0.127. The van der Waals surface area contributed by atoms with E-state index in [0.29, 0.717) is 41.5 Å². The van der Waals surface area contributed by atoms with Crippen LogP contribution in [0.1, 0.15) is 30.4 Å². The first-order valence-electron chi connectivity index (χ1n) is 13.4. The number of carbonyl (C=O) groups excluding carboxylic acids is 3. The molecule has 1 saturated heterocycles.